The Balaban J connectivity index is 1.52. The molecular formula is C22H13B5ClF2N3O4. The van der Waals surface area contributed by atoms with Crippen LogP contribution in [-0.2, 0) is 33.4 Å². The quantitative estimate of drug-likeness (QED) is 0.467. The van der Waals surface area contributed by atoms with Crippen molar-refractivity contribution in [2.24, 2.45) is 0 Å². The molecular weight excluding hydrogens is 498 g/mol. The summed E-state index contributed by atoms with van der Waals surface area (Å²) in [6.07, 6.45) is 0. The van der Waals surface area contributed by atoms with Crippen molar-refractivity contribution in [3.8, 4) is 0 Å². The Morgan fingerprint density at radius 2 is 1.70 bits per heavy atom. The number of halogens is 3. The first-order chi connectivity index (χ1) is 17.1. The molecule has 2 aromatic carbocycles. The van der Waals surface area contributed by atoms with Gasteiger partial charge in [0.2, 0.25) is 19.8 Å². The SMILES string of the molecule is [B]N1C(=O)C(N2Cc3cc(CNC(=O)C(F)(F)c4ccc(Cl)cc4)ccc3C2=O)C([B])([B])C([B])([B])C1=O. The van der Waals surface area contributed by atoms with Crippen LogP contribution in [0.3, 0.4) is 0 Å². The van der Waals surface area contributed by atoms with Gasteiger partial charge in [0.05, 0.1) is 31.4 Å². The van der Waals surface area contributed by atoms with Crippen molar-refractivity contribution in [1.82, 2.24) is 15.0 Å². The van der Waals surface area contributed by atoms with E-state index in [1.54, 1.807) is 0 Å². The van der Waals surface area contributed by atoms with Crippen LogP contribution in [-0.4, -0.2) is 78.7 Å². The largest absolute Gasteiger partial charge is 0.349 e. The van der Waals surface area contributed by atoms with Crippen molar-refractivity contribution in [3.05, 3.63) is 69.7 Å². The number of imide groups is 1. The van der Waals surface area contributed by atoms with Crippen LogP contribution in [0, 0.1) is 0 Å². The molecule has 1 unspecified atom stereocenters. The average molecular weight is 511 g/mol. The molecule has 2 aromatic rings. The Morgan fingerprint density at radius 3 is 2.32 bits per heavy atom. The van der Waals surface area contributed by atoms with Crippen molar-refractivity contribution >= 4 is 74.6 Å². The first-order valence-electron chi connectivity index (χ1n) is 10.7. The minimum atomic E-state index is -3.82. The monoisotopic (exact) mass is 511 g/mol. The minimum absolute atomic E-state index is 0.158. The molecule has 0 bridgehead atoms. The molecule has 1 fully saturated rings. The van der Waals surface area contributed by atoms with Crippen LogP contribution in [0.15, 0.2) is 42.5 Å². The second-order valence-electron chi connectivity index (χ2n) is 8.91. The molecule has 1 atom stereocenters. The second kappa shape index (κ2) is 9.08. The smallest absolute Gasteiger partial charge is 0.346 e. The van der Waals surface area contributed by atoms with Crippen LogP contribution in [0.5, 0.6) is 0 Å². The Hall–Kier alpha value is -3.01. The lowest BCUT2D eigenvalue weighted by atomic mass is 9.26. The van der Waals surface area contributed by atoms with Gasteiger partial charge in [-0.05, 0) is 34.5 Å². The highest BCUT2D eigenvalue weighted by atomic mass is 35.5. The van der Waals surface area contributed by atoms with E-state index in [9.17, 15) is 28.0 Å². The maximum absolute atomic E-state index is 14.5. The van der Waals surface area contributed by atoms with Gasteiger partial charge in [-0.1, -0.05) is 41.1 Å². The standard InChI is InChI=1S/C22H13B5ClF2N3O4/c23-21(24)15(17(35)33(27)19(37)22(21,25)26)32-9-11-7-10(1-6-14(11)16(32)34)8-31-18(36)20(29,30)12-2-4-13(28)5-3-12/h1-7,15H,8-9H2,(H,31,36). The van der Waals surface area contributed by atoms with E-state index < -0.39 is 51.6 Å². The van der Waals surface area contributed by atoms with Crippen molar-refractivity contribution in [2.45, 2.75) is 35.5 Å². The van der Waals surface area contributed by atoms with E-state index in [-0.39, 0.29) is 28.5 Å². The zero-order valence-electron chi connectivity index (χ0n) is 19.1. The minimum Gasteiger partial charge on any atom is -0.346 e. The number of hydrogen-bond donors (Lipinski definition) is 1. The predicted molar refractivity (Wildman–Crippen MR) is 133 cm³/mol. The van der Waals surface area contributed by atoms with E-state index in [1.807, 2.05) is 0 Å². The highest BCUT2D eigenvalue weighted by Gasteiger charge is 2.58. The number of piperidine rings is 1. The summed E-state index contributed by atoms with van der Waals surface area (Å²) >= 11 is 5.71. The second-order valence-corrected chi connectivity index (χ2v) is 9.34. The molecule has 10 radical (unpaired) electrons. The highest BCUT2D eigenvalue weighted by Crippen LogP contribution is 2.52. The molecule has 4 rings (SSSR count). The zero-order chi connectivity index (χ0) is 27.5. The van der Waals surface area contributed by atoms with Gasteiger partial charge < -0.3 is 15.0 Å². The summed E-state index contributed by atoms with van der Waals surface area (Å²) in [5.74, 6) is -8.33. The molecule has 2 heterocycles. The number of hydrogen-bond acceptors (Lipinski definition) is 4. The molecule has 2 aliphatic rings. The Labute approximate surface area is 222 Å². The van der Waals surface area contributed by atoms with Gasteiger partial charge in [0.25, 0.3) is 11.8 Å². The van der Waals surface area contributed by atoms with Crippen molar-refractivity contribution in [1.29, 1.82) is 0 Å². The molecule has 37 heavy (non-hydrogen) atoms. The van der Waals surface area contributed by atoms with Crippen LogP contribution in [0.4, 0.5) is 8.78 Å². The van der Waals surface area contributed by atoms with E-state index >= 15 is 0 Å². The molecule has 0 spiro atoms. The summed E-state index contributed by atoms with van der Waals surface area (Å²) in [5.41, 5.74) is 0.394. The van der Waals surface area contributed by atoms with E-state index in [2.05, 4.69) is 5.32 Å². The van der Waals surface area contributed by atoms with E-state index in [4.69, 9.17) is 51.0 Å². The lowest BCUT2D eigenvalue weighted by molar-refractivity contribution is -0.148. The summed E-state index contributed by atoms with van der Waals surface area (Å²) in [5, 5.41) is -2.44. The van der Waals surface area contributed by atoms with Crippen molar-refractivity contribution in [2.75, 3.05) is 0 Å². The number of rotatable bonds is 5. The summed E-state index contributed by atoms with van der Waals surface area (Å²) in [6, 6.07) is 7.21. The third-order valence-electron chi connectivity index (χ3n) is 6.47. The van der Waals surface area contributed by atoms with Gasteiger partial charge in [-0.3, -0.25) is 19.2 Å². The molecule has 176 valence electrons. The van der Waals surface area contributed by atoms with Gasteiger partial charge in [0.1, 0.15) is 6.04 Å². The fourth-order valence-corrected chi connectivity index (χ4v) is 4.36. The van der Waals surface area contributed by atoms with Crippen LogP contribution >= 0.6 is 11.6 Å². The maximum Gasteiger partial charge on any atom is 0.349 e. The van der Waals surface area contributed by atoms with Crippen LogP contribution in [0.2, 0.25) is 15.5 Å². The van der Waals surface area contributed by atoms with Gasteiger partial charge >= 0.3 is 5.92 Å². The van der Waals surface area contributed by atoms with Crippen LogP contribution in [0.1, 0.15) is 27.0 Å². The Bertz CT molecular complexity index is 1330. The molecule has 7 nitrogen and oxygen atoms in total. The lowest BCUT2D eigenvalue weighted by Crippen LogP contribution is -2.67. The number of amides is 4. The van der Waals surface area contributed by atoms with Gasteiger partial charge in [0, 0.05) is 29.2 Å². The number of nitrogens with zero attached hydrogens (tertiary/aromatic N) is 2. The summed E-state index contributed by atoms with van der Waals surface area (Å²) in [4.78, 5) is 51.5. The molecule has 2 aliphatic heterocycles. The average Bonchev–Trinajstić information content (AvgIpc) is 3.15. The third-order valence-corrected chi connectivity index (χ3v) is 6.72. The third kappa shape index (κ3) is 4.29. The summed E-state index contributed by atoms with van der Waals surface area (Å²) in [7, 11) is 29.1. The van der Waals surface area contributed by atoms with Crippen molar-refractivity contribution < 1.29 is 28.0 Å². The van der Waals surface area contributed by atoms with Crippen LogP contribution in [0.25, 0.3) is 0 Å². The number of carbonyl (C=O) groups is 4. The van der Waals surface area contributed by atoms with Crippen LogP contribution < -0.4 is 5.32 Å². The van der Waals surface area contributed by atoms with E-state index in [1.165, 1.54) is 30.3 Å². The first kappa shape index (κ1) is 27.0. The van der Waals surface area contributed by atoms with Gasteiger partial charge in [-0.2, -0.15) is 8.78 Å². The van der Waals surface area contributed by atoms with Gasteiger partial charge in [-0.25, -0.2) is 0 Å². The predicted octanol–water partition coefficient (Wildman–Crippen LogP) is 0.431. The molecule has 1 N–H and O–H groups in total. The summed E-state index contributed by atoms with van der Waals surface area (Å²) < 4.78 is 29.0. The molecule has 4 amide bonds. The fraction of sp³-hybridized carbons (Fsp3) is 0.273. The summed E-state index contributed by atoms with van der Waals surface area (Å²) in [6.45, 7) is -0.495. The zero-order valence-corrected chi connectivity index (χ0v) is 19.8. The topological polar surface area (TPSA) is 86.8 Å². The Kier molecular flexibility index (Phi) is 6.63. The Morgan fingerprint density at radius 1 is 1.08 bits per heavy atom. The molecule has 0 aromatic heterocycles. The first-order valence-corrected chi connectivity index (χ1v) is 11.1. The van der Waals surface area contributed by atoms with Gasteiger partial charge in [0.15, 0.2) is 0 Å². The number of nitrogens with one attached hydrogen (secondary N) is 1. The van der Waals surface area contributed by atoms with E-state index in [0.717, 1.165) is 17.0 Å². The molecule has 0 aliphatic carbocycles. The maximum atomic E-state index is 14.5. The van der Waals surface area contributed by atoms with E-state index in [0.29, 0.717) is 11.1 Å². The number of benzene rings is 2. The fourth-order valence-electron chi connectivity index (χ4n) is 4.24. The van der Waals surface area contributed by atoms with Gasteiger partial charge in [-0.15, -0.1) is 0 Å². The lowest BCUT2D eigenvalue weighted by Gasteiger charge is -2.55. The van der Waals surface area contributed by atoms with Crippen molar-refractivity contribution in [3.63, 3.8) is 0 Å². The normalized spacial score (nSPS) is 20.6. The number of fused-ring (bicyclic) bond motifs is 1. The highest BCUT2D eigenvalue weighted by molar-refractivity contribution is 6.65. The number of carbonyl (C=O) groups excluding carboxylic acids is 4. The molecule has 0 saturated carbocycles. The molecule has 15 heteroatoms. The molecule has 1 saturated heterocycles. The number of alkyl halides is 2.